The molecule has 0 saturated carbocycles. The van der Waals surface area contributed by atoms with E-state index in [1.165, 1.54) is 32.4 Å². The zero-order valence-corrected chi connectivity index (χ0v) is 13.9. The van der Waals surface area contributed by atoms with E-state index < -0.39 is 0 Å². The number of aromatic nitrogens is 1. The van der Waals surface area contributed by atoms with Crippen LogP contribution in [0.4, 0.5) is 5.69 Å². The molecule has 1 aromatic heterocycles. The summed E-state index contributed by atoms with van der Waals surface area (Å²) in [6.07, 6.45) is 3.98. The fourth-order valence-corrected chi connectivity index (χ4v) is 3.56. The summed E-state index contributed by atoms with van der Waals surface area (Å²) in [6.45, 7) is 6.07. The Balaban J connectivity index is 1.57. The second kappa shape index (κ2) is 7.11. The van der Waals surface area contributed by atoms with Crippen LogP contribution in [0.25, 0.3) is 10.6 Å². The lowest BCUT2D eigenvalue weighted by molar-refractivity contribution is 0.184. The molecular formula is C17H23N3OS. The minimum atomic E-state index is 0.684. The number of benzene rings is 1. The molecule has 1 saturated heterocycles. The molecule has 4 nitrogen and oxygen atoms in total. The molecule has 0 unspecified atom stereocenters. The summed E-state index contributed by atoms with van der Waals surface area (Å²) < 4.78 is 5.85. The summed E-state index contributed by atoms with van der Waals surface area (Å²) in [5, 5.41) is 3.05. The van der Waals surface area contributed by atoms with Crippen molar-refractivity contribution in [3.63, 3.8) is 0 Å². The Hall–Kier alpha value is -1.59. The lowest BCUT2D eigenvalue weighted by Gasteiger charge is -2.26. The first-order chi connectivity index (χ1) is 10.7. The summed E-state index contributed by atoms with van der Waals surface area (Å²) in [7, 11) is 0. The average molecular weight is 317 g/mol. The second-order valence-electron chi connectivity index (χ2n) is 5.80. The molecule has 1 fully saturated rings. The number of nitrogens with two attached hydrogens (primary N) is 1. The molecule has 2 N–H and O–H groups in total. The van der Waals surface area contributed by atoms with Gasteiger partial charge in [-0.1, -0.05) is 6.42 Å². The van der Waals surface area contributed by atoms with E-state index in [-0.39, 0.29) is 0 Å². The zero-order chi connectivity index (χ0) is 15.4. The van der Waals surface area contributed by atoms with Crippen molar-refractivity contribution in [3.05, 3.63) is 29.3 Å². The predicted molar refractivity (Wildman–Crippen MR) is 92.5 cm³/mol. The number of nitrogens with zero attached hydrogens (tertiary/aromatic N) is 2. The normalized spacial score (nSPS) is 15.9. The Labute approximate surface area is 135 Å². The number of nitrogen functional groups attached to an aromatic ring is 1. The zero-order valence-electron chi connectivity index (χ0n) is 13.0. The van der Waals surface area contributed by atoms with Gasteiger partial charge in [0.1, 0.15) is 17.4 Å². The highest BCUT2D eigenvalue weighted by Crippen LogP contribution is 2.30. The topological polar surface area (TPSA) is 51.4 Å². The lowest BCUT2D eigenvalue weighted by Crippen LogP contribution is -2.33. The van der Waals surface area contributed by atoms with Crippen molar-refractivity contribution in [2.45, 2.75) is 26.2 Å². The van der Waals surface area contributed by atoms with Crippen LogP contribution in [0.15, 0.2) is 23.6 Å². The molecule has 1 aliphatic heterocycles. The summed E-state index contributed by atoms with van der Waals surface area (Å²) in [6, 6.07) is 5.94. The lowest BCUT2D eigenvalue weighted by atomic mass is 10.1. The van der Waals surface area contributed by atoms with E-state index in [1.807, 2.05) is 25.1 Å². The van der Waals surface area contributed by atoms with Crippen LogP contribution >= 0.6 is 11.3 Å². The van der Waals surface area contributed by atoms with Gasteiger partial charge in [0, 0.05) is 23.2 Å². The fourth-order valence-electron chi connectivity index (χ4n) is 2.77. The van der Waals surface area contributed by atoms with Crippen molar-refractivity contribution >= 4 is 17.0 Å². The standard InChI is InChI=1S/C17H23N3OS/c1-13-12-22-17(19-13)14-5-6-16(15(18)11-14)21-10-9-20-7-3-2-4-8-20/h5-6,11-12H,2-4,7-10,18H2,1H3. The SMILES string of the molecule is Cc1csc(-c2ccc(OCCN3CCCCC3)c(N)c2)n1. The first-order valence-corrected chi connectivity index (χ1v) is 8.77. The number of hydrogen-bond donors (Lipinski definition) is 1. The maximum Gasteiger partial charge on any atom is 0.142 e. The Morgan fingerprint density at radius 2 is 2.09 bits per heavy atom. The van der Waals surface area contributed by atoms with Crippen LogP contribution < -0.4 is 10.5 Å². The third kappa shape index (κ3) is 3.78. The molecule has 0 aliphatic carbocycles. The van der Waals surface area contributed by atoms with Crippen LogP contribution in [0.2, 0.25) is 0 Å². The molecular weight excluding hydrogens is 294 g/mol. The Kier molecular flexibility index (Phi) is 4.95. The summed E-state index contributed by atoms with van der Waals surface area (Å²) >= 11 is 1.64. The monoisotopic (exact) mass is 317 g/mol. The van der Waals surface area contributed by atoms with Crippen molar-refractivity contribution in [2.75, 3.05) is 32.0 Å². The minimum absolute atomic E-state index is 0.684. The Morgan fingerprint density at radius 3 is 2.77 bits per heavy atom. The van der Waals surface area contributed by atoms with Crippen LogP contribution in [0, 0.1) is 6.92 Å². The molecule has 0 radical (unpaired) electrons. The number of hydrogen-bond acceptors (Lipinski definition) is 5. The second-order valence-corrected chi connectivity index (χ2v) is 6.66. The van der Waals surface area contributed by atoms with E-state index in [0.29, 0.717) is 12.3 Å². The van der Waals surface area contributed by atoms with Gasteiger partial charge in [0.25, 0.3) is 0 Å². The summed E-state index contributed by atoms with van der Waals surface area (Å²) in [4.78, 5) is 6.96. The van der Waals surface area contributed by atoms with E-state index >= 15 is 0 Å². The maximum atomic E-state index is 6.12. The van der Waals surface area contributed by atoms with Crippen molar-refractivity contribution in [1.29, 1.82) is 0 Å². The summed E-state index contributed by atoms with van der Waals surface area (Å²) in [5.74, 6) is 0.772. The molecule has 22 heavy (non-hydrogen) atoms. The van der Waals surface area contributed by atoms with E-state index in [9.17, 15) is 0 Å². The molecule has 2 aromatic rings. The van der Waals surface area contributed by atoms with E-state index in [1.54, 1.807) is 11.3 Å². The van der Waals surface area contributed by atoms with Crippen LogP contribution in [0.3, 0.4) is 0 Å². The van der Waals surface area contributed by atoms with Gasteiger partial charge in [0.15, 0.2) is 0 Å². The third-order valence-corrected chi connectivity index (χ3v) is 5.00. The molecule has 3 rings (SSSR count). The van der Waals surface area contributed by atoms with E-state index in [0.717, 1.165) is 28.6 Å². The van der Waals surface area contributed by atoms with Crippen LogP contribution in [0.1, 0.15) is 25.0 Å². The third-order valence-electron chi connectivity index (χ3n) is 3.99. The van der Waals surface area contributed by atoms with Gasteiger partial charge in [-0.25, -0.2) is 4.98 Å². The molecule has 5 heteroatoms. The summed E-state index contributed by atoms with van der Waals surface area (Å²) in [5.41, 5.74) is 8.90. The maximum absolute atomic E-state index is 6.12. The van der Waals surface area contributed by atoms with Gasteiger partial charge < -0.3 is 10.5 Å². The van der Waals surface area contributed by atoms with Crippen LogP contribution in [-0.2, 0) is 0 Å². The molecule has 0 atom stereocenters. The van der Waals surface area contributed by atoms with Gasteiger partial charge in [0.05, 0.1) is 5.69 Å². The van der Waals surface area contributed by atoms with Crippen LogP contribution in [0.5, 0.6) is 5.75 Å². The quantitative estimate of drug-likeness (QED) is 0.857. The number of likely N-dealkylation sites (tertiary alicyclic amines) is 1. The molecule has 0 bridgehead atoms. The van der Waals surface area contributed by atoms with Gasteiger partial charge in [-0.05, 0) is 51.1 Å². The molecule has 2 heterocycles. The minimum Gasteiger partial charge on any atom is -0.490 e. The van der Waals surface area contributed by atoms with Gasteiger partial charge in [-0.15, -0.1) is 11.3 Å². The van der Waals surface area contributed by atoms with Crippen molar-refractivity contribution in [2.24, 2.45) is 0 Å². The average Bonchev–Trinajstić information content (AvgIpc) is 2.96. The first kappa shape index (κ1) is 15.3. The number of piperidine rings is 1. The van der Waals surface area contributed by atoms with E-state index in [2.05, 4.69) is 15.3 Å². The highest BCUT2D eigenvalue weighted by Gasteiger charge is 2.11. The van der Waals surface area contributed by atoms with Crippen molar-refractivity contribution < 1.29 is 4.74 Å². The molecule has 1 aromatic carbocycles. The smallest absolute Gasteiger partial charge is 0.142 e. The van der Waals surface area contributed by atoms with Gasteiger partial charge in [-0.2, -0.15) is 0 Å². The highest BCUT2D eigenvalue weighted by molar-refractivity contribution is 7.13. The van der Waals surface area contributed by atoms with Gasteiger partial charge in [-0.3, -0.25) is 4.90 Å². The largest absolute Gasteiger partial charge is 0.490 e. The fraction of sp³-hybridized carbons (Fsp3) is 0.471. The van der Waals surface area contributed by atoms with Crippen molar-refractivity contribution in [3.8, 4) is 16.3 Å². The number of thiazole rings is 1. The number of ether oxygens (including phenoxy) is 1. The number of anilines is 1. The first-order valence-electron chi connectivity index (χ1n) is 7.89. The molecule has 0 amide bonds. The van der Waals surface area contributed by atoms with E-state index in [4.69, 9.17) is 10.5 Å². The van der Waals surface area contributed by atoms with Gasteiger partial charge >= 0.3 is 0 Å². The number of aryl methyl sites for hydroxylation is 1. The van der Waals surface area contributed by atoms with Gasteiger partial charge in [0.2, 0.25) is 0 Å². The van der Waals surface area contributed by atoms with Crippen molar-refractivity contribution in [1.82, 2.24) is 9.88 Å². The Morgan fingerprint density at radius 1 is 1.27 bits per heavy atom. The predicted octanol–water partition coefficient (Wildman–Crippen LogP) is 3.57. The molecule has 118 valence electrons. The highest BCUT2D eigenvalue weighted by atomic mass is 32.1. The molecule has 0 spiro atoms. The molecule has 1 aliphatic rings. The Bertz CT molecular complexity index is 620. The number of rotatable bonds is 5. The van der Waals surface area contributed by atoms with Crippen LogP contribution in [-0.4, -0.2) is 36.1 Å².